The number of amides is 1. The Morgan fingerprint density at radius 1 is 1.00 bits per heavy atom. The molecular weight excluding hydrogens is 410 g/mol. The average Bonchev–Trinajstić information content (AvgIpc) is 3.28. The van der Waals surface area contributed by atoms with Gasteiger partial charge in [-0.3, -0.25) is 4.79 Å². The van der Waals surface area contributed by atoms with Gasteiger partial charge in [-0.1, -0.05) is 12.1 Å². The molecule has 1 amide bonds. The molecule has 168 valence electrons. The zero-order chi connectivity index (χ0) is 22.1. The van der Waals surface area contributed by atoms with E-state index in [1.807, 2.05) is 36.1 Å². The van der Waals surface area contributed by atoms with Crippen LogP contribution in [-0.4, -0.2) is 80.4 Å². The van der Waals surface area contributed by atoms with Crippen molar-refractivity contribution in [3.8, 4) is 5.75 Å². The van der Waals surface area contributed by atoms with Crippen LogP contribution in [0.2, 0.25) is 0 Å². The van der Waals surface area contributed by atoms with E-state index in [0.717, 1.165) is 35.9 Å². The van der Waals surface area contributed by atoms with E-state index in [0.29, 0.717) is 56.5 Å². The largest absolute Gasteiger partial charge is 0.493 e. The van der Waals surface area contributed by atoms with Gasteiger partial charge >= 0.3 is 0 Å². The van der Waals surface area contributed by atoms with Crippen molar-refractivity contribution in [1.29, 1.82) is 0 Å². The number of fused-ring (bicyclic) bond motifs is 1. The maximum Gasteiger partial charge on any atom is 0.289 e. The van der Waals surface area contributed by atoms with Gasteiger partial charge in [-0.15, -0.1) is 0 Å². The monoisotopic (exact) mass is 437 g/mol. The Morgan fingerprint density at radius 3 is 2.53 bits per heavy atom. The number of anilines is 2. The Morgan fingerprint density at radius 2 is 1.78 bits per heavy atom. The van der Waals surface area contributed by atoms with Gasteiger partial charge in [0.25, 0.3) is 5.91 Å². The average molecular weight is 438 g/mol. The van der Waals surface area contributed by atoms with Crippen molar-refractivity contribution >= 4 is 28.6 Å². The van der Waals surface area contributed by atoms with Crippen LogP contribution in [0.5, 0.6) is 5.75 Å². The van der Waals surface area contributed by atoms with Gasteiger partial charge in [0.05, 0.1) is 20.3 Å². The van der Waals surface area contributed by atoms with E-state index in [-0.39, 0.29) is 5.91 Å². The summed E-state index contributed by atoms with van der Waals surface area (Å²) in [7, 11) is 1.59. The number of nitrogens with zero attached hydrogens (tertiary/aromatic N) is 5. The van der Waals surface area contributed by atoms with Crippen molar-refractivity contribution in [1.82, 2.24) is 14.9 Å². The van der Waals surface area contributed by atoms with E-state index in [4.69, 9.17) is 18.9 Å². The van der Waals surface area contributed by atoms with Crippen LogP contribution >= 0.6 is 0 Å². The lowest BCUT2D eigenvalue weighted by Crippen LogP contribution is -2.49. The highest BCUT2D eigenvalue weighted by Gasteiger charge is 2.26. The van der Waals surface area contributed by atoms with Crippen molar-refractivity contribution in [3.63, 3.8) is 0 Å². The number of para-hydroxylation sites is 1. The molecule has 2 aromatic heterocycles. The molecule has 0 bridgehead atoms. The molecule has 9 nitrogen and oxygen atoms in total. The first-order valence-electron chi connectivity index (χ1n) is 10.9. The Hall–Kier alpha value is -3.33. The first kappa shape index (κ1) is 20.6. The van der Waals surface area contributed by atoms with Crippen molar-refractivity contribution in [3.05, 3.63) is 41.8 Å². The highest BCUT2D eigenvalue weighted by atomic mass is 16.5. The third-order valence-corrected chi connectivity index (χ3v) is 5.95. The molecule has 2 aliphatic rings. The van der Waals surface area contributed by atoms with Crippen LogP contribution in [0.1, 0.15) is 16.2 Å². The van der Waals surface area contributed by atoms with Crippen LogP contribution in [0.4, 0.5) is 11.8 Å². The number of aryl methyl sites for hydroxylation is 1. The van der Waals surface area contributed by atoms with Gasteiger partial charge in [0.2, 0.25) is 5.95 Å². The van der Waals surface area contributed by atoms with Crippen molar-refractivity contribution in [2.75, 3.05) is 69.4 Å². The van der Waals surface area contributed by atoms with E-state index >= 15 is 0 Å². The van der Waals surface area contributed by atoms with Gasteiger partial charge in [-0.2, -0.15) is 4.98 Å². The molecule has 0 N–H and O–H groups in total. The maximum absolute atomic E-state index is 13.1. The highest BCUT2D eigenvalue weighted by Crippen LogP contribution is 2.29. The molecule has 0 atom stereocenters. The van der Waals surface area contributed by atoms with Crippen LogP contribution < -0.4 is 14.5 Å². The van der Waals surface area contributed by atoms with Crippen molar-refractivity contribution in [2.45, 2.75) is 6.92 Å². The minimum Gasteiger partial charge on any atom is -0.493 e. The topological polar surface area (TPSA) is 84.2 Å². The molecular formula is C23H27N5O4. The number of carbonyl (C=O) groups is 1. The van der Waals surface area contributed by atoms with Gasteiger partial charge in [-0.05, 0) is 19.1 Å². The molecule has 5 rings (SSSR count). The third-order valence-electron chi connectivity index (χ3n) is 5.95. The molecule has 2 aliphatic heterocycles. The fourth-order valence-corrected chi connectivity index (χ4v) is 4.20. The van der Waals surface area contributed by atoms with E-state index in [1.165, 1.54) is 0 Å². The number of benzene rings is 1. The van der Waals surface area contributed by atoms with Crippen LogP contribution in [-0.2, 0) is 4.74 Å². The number of hydrogen-bond donors (Lipinski definition) is 0. The van der Waals surface area contributed by atoms with Gasteiger partial charge in [0.1, 0.15) is 5.82 Å². The van der Waals surface area contributed by atoms with Gasteiger partial charge in [0, 0.05) is 56.4 Å². The molecule has 0 radical (unpaired) electrons. The standard InChI is InChI=1S/C23H27N5O4/c1-16-14-20(25-23(24-16)28-10-12-31-13-11-28)26-6-8-27(9-7-26)22(29)19-15-17-4-3-5-18(30-2)21(17)32-19/h3-5,14-15H,6-13H2,1-2H3. The first-order valence-corrected chi connectivity index (χ1v) is 10.9. The summed E-state index contributed by atoms with van der Waals surface area (Å²) in [6, 6.07) is 9.42. The number of carbonyl (C=O) groups excluding carboxylic acids is 1. The summed E-state index contributed by atoms with van der Waals surface area (Å²) in [6.07, 6.45) is 0. The lowest BCUT2D eigenvalue weighted by Gasteiger charge is -2.35. The van der Waals surface area contributed by atoms with E-state index in [1.54, 1.807) is 13.2 Å². The van der Waals surface area contributed by atoms with Crippen LogP contribution in [0, 0.1) is 6.92 Å². The zero-order valence-electron chi connectivity index (χ0n) is 18.4. The molecule has 0 spiro atoms. The third kappa shape index (κ3) is 3.95. The second-order valence-electron chi connectivity index (χ2n) is 8.04. The van der Waals surface area contributed by atoms with E-state index < -0.39 is 0 Å². The quantitative estimate of drug-likeness (QED) is 0.615. The van der Waals surface area contributed by atoms with Gasteiger partial charge in [0.15, 0.2) is 17.1 Å². The minimum absolute atomic E-state index is 0.101. The summed E-state index contributed by atoms with van der Waals surface area (Å²) in [5, 5.41) is 0.860. The lowest BCUT2D eigenvalue weighted by atomic mass is 10.2. The van der Waals surface area contributed by atoms with Crippen LogP contribution in [0.3, 0.4) is 0 Å². The molecule has 4 heterocycles. The first-order chi connectivity index (χ1) is 15.6. The number of morpholine rings is 1. The molecule has 2 saturated heterocycles. The molecule has 0 aliphatic carbocycles. The number of methoxy groups -OCH3 is 1. The summed E-state index contributed by atoms with van der Waals surface area (Å²) in [4.78, 5) is 28.7. The fraction of sp³-hybridized carbons (Fsp3) is 0.435. The molecule has 9 heteroatoms. The number of hydrogen-bond acceptors (Lipinski definition) is 8. The normalized spacial score (nSPS) is 17.1. The maximum atomic E-state index is 13.1. The molecule has 1 aromatic carbocycles. The SMILES string of the molecule is COc1cccc2cc(C(=O)N3CCN(c4cc(C)nc(N5CCOCC5)n4)CC3)oc12. The number of piperazine rings is 1. The number of furan rings is 1. The summed E-state index contributed by atoms with van der Waals surface area (Å²) in [5.74, 6) is 2.51. The Kier molecular flexibility index (Phi) is 5.57. The fourth-order valence-electron chi connectivity index (χ4n) is 4.20. The van der Waals surface area contributed by atoms with Gasteiger partial charge in [-0.25, -0.2) is 4.98 Å². The molecule has 0 saturated carbocycles. The summed E-state index contributed by atoms with van der Waals surface area (Å²) in [5.41, 5.74) is 1.54. The number of ether oxygens (including phenoxy) is 2. The van der Waals surface area contributed by atoms with Crippen molar-refractivity contribution < 1.29 is 18.7 Å². The summed E-state index contributed by atoms with van der Waals surface area (Å²) < 4.78 is 16.6. The van der Waals surface area contributed by atoms with E-state index in [2.05, 4.69) is 14.8 Å². The molecule has 3 aromatic rings. The Bertz CT molecular complexity index is 1120. The van der Waals surface area contributed by atoms with Gasteiger partial charge < -0.3 is 28.6 Å². The molecule has 32 heavy (non-hydrogen) atoms. The highest BCUT2D eigenvalue weighted by molar-refractivity contribution is 5.97. The smallest absolute Gasteiger partial charge is 0.289 e. The lowest BCUT2D eigenvalue weighted by molar-refractivity contribution is 0.0716. The predicted octanol–water partition coefficient (Wildman–Crippen LogP) is 2.34. The van der Waals surface area contributed by atoms with Crippen molar-refractivity contribution in [2.24, 2.45) is 0 Å². The zero-order valence-corrected chi connectivity index (χ0v) is 18.4. The Balaban J connectivity index is 1.28. The number of rotatable bonds is 4. The summed E-state index contributed by atoms with van der Waals surface area (Å²) >= 11 is 0. The number of aromatic nitrogens is 2. The van der Waals surface area contributed by atoms with Crippen LogP contribution in [0.25, 0.3) is 11.0 Å². The minimum atomic E-state index is -0.101. The molecule has 2 fully saturated rings. The predicted molar refractivity (Wildman–Crippen MR) is 121 cm³/mol. The van der Waals surface area contributed by atoms with Crippen LogP contribution in [0.15, 0.2) is 34.7 Å². The summed E-state index contributed by atoms with van der Waals surface area (Å²) in [6.45, 7) is 7.59. The Labute approximate surface area is 186 Å². The molecule has 0 unspecified atom stereocenters. The second-order valence-corrected chi connectivity index (χ2v) is 8.04. The van der Waals surface area contributed by atoms with E-state index in [9.17, 15) is 4.79 Å². The second kappa shape index (κ2) is 8.66.